The van der Waals surface area contributed by atoms with Gasteiger partial charge in [0.1, 0.15) is 17.2 Å². The van der Waals surface area contributed by atoms with Gasteiger partial charge in [-0.1, -0.05) is 26.1 Å². The lowest BCUT2D eigenvalue weighted by Gasteiger charge is -2.26. The maximum atomic E-state index is 14.2. The molecule has 0 fully saturated rings. The van der Waals surface area contributed by atoms with Gasteiger partial charge < -0.3 is 15.2 Å². The van der Waals surface area contributed by atoms with Crippen molar-refractivity contribution >= 4 is 27.3 Å². The van der Waals surface area contributed by atoms with Crippen LogP contribution in [0, 0.1) is 5.95 Å². The SMILES string of the molecule is C/C=S(/c1cn2c(-c3cc(F)nc(NC[C@@H](C)O)c3)cnc2cc1OC)C(C)(C)C. The molecule has 0 aliphatic heterocycles. The molecule has 0 aromatic carbocycles. The molecule has 0 amide bonds. The Bertz CT molecular complexity index is 1090. The number of methoxy groups -OCH3 is 1. The average molecular weight is 433 g/mol. The number of fused-ring (bicyclic) bond motifs is 1. The molecule has 2 atom stereocenters. The van der Waals surface area contributed by atoms with Crippen LogP contribution in [-0.2, 0) is 0 Å². The van der Waals surface area contributed by atoms with Crippen LogP contribution in [-0.4, -0.2) is 49.3 Å². The zero-order chi connectivity index (χ0) is 22.1. The number of rotatable bonds is 6. The normalized spacial score (nSPS) is 14.1. The van der Waals surface area contributed by atoms with Crippen LogP contribution in [0.3, 0.4) is 0 Å². The van der Waals surface area contributed by atoms with Crippen molar-refractivity contribution in [1.29, 1.82) is 0 Å². The smallest absolute Gasteiger partial charge is 0.215 e. The molecule has 3 heterocycles. The van der Waals surface area contributed by atoms with Crippen molar-refractivity contribution in [3.63, 3.8) is 0 Å². The quantitative estimate of drug-likeness (QED) is 0.440. The van der Waals surface area contributed by atoms with E-state index in [4.69, 9.17) is 4.74 Å². The van der Waals surface area contributed by atoms with Gasteiger partial charge in [0.2, 0.25) is 5.95 Å². The van der Waals surface area contributed by atoms with Crippen molar-refractivity contribution in [1.82, 2.24) is 14.4 Å². The Morgan fingerprint density at radius 3 is 2.67 bits per heavy atom. The van der Waals surface area contributed by atoms with E-state index < -0.39 is 12.1 Å². The van der Waals surface area contributed by atoms with E-state index in [1.807, 2.05) is 16.7 Å². The molecule has 0 spiro atoms. The molecule has 30 heavy (non-hydrogen) atoms. The monoisotopic (exact) mass is 432 g/mol. The van der Waals surface area contributed by atoms with Crippen molar-refractivity contribution < 1.29 is 14.2 Å². The van der Waals surface area contributed by atoms with E-state index in [-0.39, 0.29) is 21.8 Å². The van der Waals surface area contributed by atoms with Crippen LogP contribution in [0.15, 0.2) is 35.5 Å². The number of ether oxygens (including phenoxy) is 1. The van der Waals surface area contributed by atoms with E-state index in [0.717, 1.165) is 22.0 Å². The highest BCUT2D eigenvalue weighted by atomic mass is 32.2. The number of aliphatic hydroxyl groups is 1. The number of imidazole rings is 1. The molecule has 3 aromatic rings. The molecular formula is C22H29FN4O2S. The first-order valence-electron chi connectivity index (χ1n) is 9.81. The van der Waals surface area contributed by atoms with Crippen LogP contribution in [0.5, 0.6) is 5.75 Å². The molecule has 6 nitrogen and oxygen atoms in total. The van der Waals surface area contributed by atoms with Crippen LogP contribution < -0.4 is 10.1 Å². The van der Waals surface area contributed by atoms with Gasteiger partial charge in [-0.2, -0.15) is 4.39 Å². The van der Waals surface area contributed by atoms with Crippen molar-refractivity contribution in [3.8, 4) is 17.0 Å². The molecular weight excluding hydrogens is 403 g/mol. The minimum absolute atomic E-state index is 0.0251. The summed E-state index contributed by atoms with van der Waals surface area (Å²) in [4.78, 5) is 9.44. The lowest BCUT2D eigenvalue weighted by atomic mass is 10.2. The highest BCUT2D eigenvalue weighted by molar-refractivity contribution is 8.16. The van der Waals surface area contributed by atoms with Gasteiger partial charge in [0.15, 0.2) is 0 Å². The van der Waals surface area contributed by atoms with Gasteiger partial charge in [-0.15, -0.1) is 10.5 Å². The number of aliphatic hydroxyl groups excluding tert-OH is 1. The average Bonchev–Trinajstić information content (AvgIpc) is 3.07. The van der Waals surface area contributed by atoms with E-state index in [1.54, 1.807) is 26.3 Å². The summed E-state index contributed by atoms with van der Waals surface area (Å²) in [6, 6.07) is 5.06. The van der Waals surface area contributed by atoms with E-state index in [9.17, 15) is 9.50 Å². The minimum Gasteiger partial charge on any atom is -0.495 e. The van der Waals surface area contributed by atoms with Gasteiger partial charge in [0, 0.05) is 35.2 Å². The largest absolute Gasteiger partial charge is 0.495 e. The zero-order valence-corrected chi connectivity index (χ0v) is 19.0. The van der Waals surface area contributed by atoms with Gasteiger partial charge in [-0.05, 0) is 19.9 Å². The van der Waals surface area contributed by atoms with E-state index in [1.165, 1.54) is 6.07 Å². The maximum absolute atomic E-state index is 14.2. The molecule has 0 saturated heterocycles. The molecule has 3 rings (SSSR count). The third-order valence-corrected chi connectivity index (χ3v) is 7.17. The third-order valence-electron chi connectivity index (χ3n) is 4.60. The van der Waals surface area contributed by atoms with Crippen molar-refractivity contribution in [2.24, 2.45) is 0 Å². The molecule has 162 valence electrons. The molecule has 0 aliphatic carbocycles. The predicted molar refractivity (Wildman–Crippen MR) is 122 cm³/mol. The summed E-state index contributed by atoms with van der Waals surface area (Å²) in [6.07, 6.45) is 3.19. The zero-order valence-electron chi connectivity index (χ0n) is 18.2. The maximum Gasteiger partial charge on any atom is 0.215 e. The van der Waals surface area contributed by atoms with Gasteiger partial charge in [-0.3, -0.25) is 4.40 Å². The Labute approximate surface area is 179 Å². The molecule has 1 unspecified atom stereocenters. The summed E-state index contributed by atoms with van der Waals surface area (Å²) in [5.41, 5.74) is 2.12. The molecule has 8 heteroatoms. The van der Waals surface area contributed by atoms with E-state index in [2.05, 4.69) is 48.3 Å². The van der Waals surface area contributed by atoms with Crippen LogP contribution >= 0.6 is 10.5 Å². The number of pyridine rings is 2. The van der Waals surface area contributed by atoms with Crippen LogP contribution in [0.2, 0.25) is 0 Å². The van der Waals surface area contributed by atoms with Crippen molar-refractivity contribution in [2.75, 3.05) is 19.0 Å². The Balaban J connectivity index is 2.16. The second kappa shape index (κ2) is 8.73. The van der Waals surface area contributed by atoms with E-state index >= 15 is 0 Å². The van der Waals surface area contributed by atoms with Crippen LogP contribution in [0.25, 0.3) is 16.9 Å². The van der Waals surface area contributed by atoms with Gasteiger partial charge in [0.25, 0.3) is 0 Å². The van der Waals surface area contributed by atoms with Crippen molar-refractivity contribution in [3.05, 3.63) is 36.5 Å². The lowest BCUT2D eigenvalue weighted by Crippen LogP contribution is -2.16. The number of anilines is 1. The number of hydrogen-bond donors (Lipinski definition) is 2. The number of hydrogen-bond acceptors (Lipinski definition) is 5. The van der Waals surface area contributed by atoms with Crippen LogP contribution in [0.1, 0.15) is 34.6 Å². The van der Waals surface area contributed by atoms with Crippen molar-refractivity contribution in [2.45, 2.75) is 50.4 Å². The summed E-state index contributed by atoms with van der Waals surface area (Å²) in [5.74, 6) is 0.558. The number of aromatic nitrogens is 3. The third kappa shape index (κ3) is 4.65. The fourth-order valence-corrected chi connectivity index (χ4v) is 5.52. The first-order valence-corrected chi connectivity index (χ1v) is 11.1. The predicted octanol–water partition coefficient (Wildman–Crippen LogP) is 4.59. The van der Waals surface area contributed by atoms with Gasteiger partial charge in [-0.25, -0.2) is 9.97 Å². The molecule has 3 aromatic heterocycles. The fourth-order valence-electron chi connectivity index (χ4n) is 3.32. The topological polar surface area (TPSA) is 71.7 Å². The Hall–Kier alpha value is -2.45. The highest BCUT2D eigenvalue weighted by Gasteiger charge is 2.22. The van der Waals surface area contributed by atoms with E-state index in [0.29, 0.717) is 11.4 Å². The summed E-state index contributed by atoms with van der Waals surface area (Å²) in [7, 11) is 1.49. The van der Waals surface area contributed by atoms with Gasteiger partial charge >= 0.3 is 0 Å². The molecule has 0 radical (unpaired) electrons. The van der Waals surface area contributed by atoms with Crippen LogP contribution in [0.4, 0.5) is 10.2 Å². The summed E-state index contributed by atoms with van der Waals surface area (Å²) in [5, 5.41) is 14.6. The Morgan fingerprint density at radius 1 is 1.33 bits per heavy atom. The Morgan fingerprint density at radius 2 is 2.07 bits per heavy atom. The summed E-state index contributed by atoms with van der Waals surface area (Å²) < 4.78 is 21.9. The summed E-state index contributed by atoms with van der Waals surface area (Å²) in [6.45, 7) is 10.6. The number of nitrogens with zero attached hydrogens (tertiary/aromatic N) is 3. The van der Waals surface area contributed by atoms with Gasteiger partial charge in [0.05, 0.1) is 30.0 Å². The second-order valence-corrected chi connectivity index (χ2v) is 10.9. The fraction of sp³-hybridized carbons (Fsp3) is 0.409. The number of halogens is 1. The molecule has 2 N–H and O–H groups in total. The first-order chi connectivity index (χ1) is 14.1. The Kier molecular flexibility index (Phi) is 6.47. The second-order valence-electron chi connectivity index (χ2n) is 8.06. The standard InChI is InChI=1S/C22H29FN4O2S/c1-7-30(22(3,4)5)18-13-27-16(12-25-21(27)10-17(18)29-6)15-8-19(23)26-20(9-15)24-11-14(2)28/h7-10,12-14,28H,11H2,1-6H3,(H,24,26)/t14-,30?/m1/s1. The first kappa shape index (κ1) is 22.2. The molecule has 0 aliphatic rings. The molecule has 0 bridgehead atoms. The number of nitrogens with one attached hydrogen (secondary N) is 1. The molecule has 0 saturated carbocycles. The minimum atomic E-state index is -0.597. The highest BCUT2D eigenvalue weighted by Crippen LogP contribution is 2.44. The summed E-state index contributed by atoms with van der Waals surface area (Å²) >= 11 is 0. The lowest BCUT2D eigenvalue weighted by molar-refractivity contribution is 0.208.